The van der Waals surface area contributed by atoms with Gasteiger partial charge in [0.05, 0.1) is 13.2 Å². The summed E-state index contributed by atoms with van der Waals surface area (Å²) in [5.74, 6) is 0.888. The lowest BCUT2D eigenvalue weighted by Crippen LogP contribution is -2.37. The highest BCUT2D eigenvalue weighted by Crippen LogP contribution is 2.34. The third-order valence-electron chi connectivity index (χ3n) is 6.66. The van der Waals surface area contributed by atoms with Crippen molar-refractivity contribution in [1.82, 2.24) is 10.2 Å². The molecule has 5 rings (SSSR count). The van der Waals surface area contributed by atoms with Crippen LogP contribution < -0.4 is 10.1 Å². The molecule has 30 heavy (non-hydrogen) atoms. The Balaban J connectivity index is 1.42. The summed E-state index contributed by atoms with van der Waals surface area (Å²) in [4.78, 5) is 15.7. The number of hydrogen-bond donors (Lipinski definition) is 1. The van der Waals surface area contributed by atoms with Gasteiger partial charge in [0, 0.05) is 17.7 Å². The first-order chi connectivity index (χ1) is 14.8. The molecule has 3 aromatic carbocycles. The van der Waals surface area contributed by atoms with Gasteiger partial charge in [0.1, 0.15) is 5.75 Å². The van der Waals surface area contributed by atoms with Gasteiger partial charge in [0.2, 0.25) is 0 Å². The number of likely N-dealkylation sites (tertiary alicyclic amines) is 1. The number of amides is 1. The van der Waals surface area contributed by atoms with E-state index in [4.69, 9.17) is 4.74 Å². The topological polar surface area (TPSA) is 41.6 Å². The van der Waals surface area contributed by atoms with Crippen LogP contribution in [0.25, 0.3) is 10.8 Å². The number of aryl methyl sites for hydroxylation is 2. The largest absolute Gasteiger partial charge is 0.496 e. The zero-order chi connectivity index (χ0) is 20.5. The van der Waals surface area contributed by atoms with Crippen LogP contribution in [0.15, 0.2) is 54.6 Å². The molecule has 1 aliphatic carbocycles. The molecule has 1 N–H and O–H groups in total. The number of para-hydroxylation sites is 1. The molecule has 1 heterocycles. The fraction of sp³-hybridized carbons (Fsp3) is 0.346. The van der Waals surface area contributed by atoms with Crippen molar-refractivity contribution in [3.8, 4) is 5.75 Å². The van der Waals surface area contributed by atoms with E-state index in [1.165, 1.54) is 29.4 Å². The lowest BCUT2D eigenvalue weighted by atomic mass is 9.99. The average molecular weight is 401 g/mol. The highest BCUT2D eigenvalue weighted by atomic mass is 16.5. The fourth-order valence-corrected chi connectivity index (χ4v) is 5.16. The van der Waals surface area contributed by atoms with E-state index in [-0.39, 0.29) is 11.9 Å². The van der Waals surface area contributed by atoms with Gasteiger partial charge in [-0.2, -0.15) is 0 Å². The maximum Gasteiger partial charge on any atom is 0.251 e. The van der Waals surface area contributed by atoms with Gasteiger partial charge in [-0.05, 0) is 72.8 Å². The third kappa shape index (κ3) is 3.35. The number of ether oxygens (including phenoxy) is 1. The van der Waals surface area contributed by atoms with Crippen molar-refractivity contribution in [1.29, 1.82) is 0 Å². The minimum Gasteiger partial charge on any atom is -0.496 e. The summed E-state index contributed by atoms with van der Waals surface area (Å²) in [5, 5.41) is 5.60. The molecule has 4 heteroatoms. The standard InChI is InChI=1S/C26H28N2O2/c1-30-24-10-3-2-8-22(24)23(28-15-4-5-16-28)17-27-26(29)21-14-13-19-12-11-18-7-6-9-20(21)25(18)19/h2-3,6-10,13-14,23H,4-5,11-12,15-17H2,1H3,(H,27,29). The number of benzene rings is 3. The van der Waals surface area contributed by atoms with Crippen molar-refractivity contribution >= 4 is 16.7 Å². The molecule has 1 saturated heterocycles. The normalized spacial score (nSPS) is 16.7. The molecule has 0 aromatic heterocycles. The van der Waals surface area contributed by atoms with E-state index < -0.39 is 0 Å². The molecule has 0 saturated carbocycles. The van der Waals surface area contributed by atoms with Crippen LogP contribution in [0.5, 0.6) is 5.75 Å². The Kier molecular flexibility index (Phi) is 5.17. The summed E-state index contributed by atoms with van der Waals surface area (Å²) in [6, 6.07) is 18.8. The summed E-state index contributed by atoms with van der Waals surface area (Å²) >= 11 is 0. The van der Waals surface area contributed by atoms with Crippen LogP contribution in [-0.4, -0.2) is 37.6 Å². The molecule has 4 nitrogen and oxygen atoms in total. The molecule has 154 valence electrons. The predicted molar refractivity (Wildman–Crippen MR) is 120 cm³/mol. The third-order valence-corrected chi connectivity index (χ3v) is 6.66. The van der Waals surface area contributed by atoms with Crippen molar-refractivity contribution < 1.29 is 9.53 Å². The molecular weight excluding hydrogens is 372 g/mol. The maximum absolute atomic E-state index is 13.2. The Morgan fingerprint density at radius 2 is 1.77 bits per heavy atom. The molecule has 1 unspecified atom stereocenters. The highest BCUT2D eigenvalue weighted by Gasteiger charge is 2.27. The van der Waals surface area contributed by atoms with Crippen LogP contribution in [0.3, 0.4) is 0 Å². The monoisotopic (exact) mass is 400 g/mol. The van der Waals surface area contributed by atoms with E-state index >= 15 is 0 Å². The van der Waals surface area contributed by atoms with Crippen molar-refractivity contribution in [3.63, 3.8) is 0 Å². The van der Waals surface area contributed by atoms with Crippen molar-refractivity contribution in [2.24, 2.45) is 0 Å². The van der Waals surface area contributed by atoms with E-state index in [0.29, 0.717) is 6.54 Å². The van der Waals surface area contributed by atoms with Gasteiger partial charge >= 0.3 is 0 Å². The first kappa shape index (κ1) is 19.1. The summed E-state index contributed by atoms with van der Waals surface area (Å²) in [6.45, 7) is 2.68. The van der Waals surface area contributed by atoms with Crippen molar-refractivity contribution in [3.05, 3.63) is 76.9 Å². The number of carbonyl (C=O) groups excluding carboxylic acids is 1. The average Bonchev–Trinajstić information content (AvgIpc) is 3.46. The number of rotatable bonds is 6. The Morgan fingerprint density at radius 1 is 1.00 bits per heavy atom. The van der Waals surface area contributed by atoms with Crippen molar-refractivity contribution in [2.75, 3.05) is 26.7 Å². The van der Waals surface area contributed by atoms with Crippen LogP contribution in [0.2, 0.25) is 0 Å². The Bertz CT molecular complexity index is 1080. The molecule has 1 amide bonds. The molecule has 1 fully saturated rings. The quantitative estimate of drug-likeness (QED) is 0.662. The molecule has 0 bridgehead atoms. The highest BCUT2D eigenvalue weighted by molar-refractivity contribution is 6.09. The Morgan fingerprint density at radius 3 is 2.57 bits per heavy atom. The van der Waals surface area contributed by atoms with E-state index in [2.05, 4.69) is 40.5 Å². The van der Waals surface area contributed by atoms with E-state index in [1.54, 1.807) is 7.11 Å². The second-order valence-electron chi connectivity index (χ2n) is 8.32. The number of hydrogen-bond acceptors (Lipinski definition) is 3. The SMILES string of the molecule is COc1ccccc1C(CNC(=O)c1ccc2c3c(cccc13)CC2)N1CCCC1. The number of nitrogens with one attached hydrogen (secondary N) is 1. The molecule has 2 aliphatic rings. The van der Waals surface area contributed by atoms with Crippen LogP contribution in [0, 0.1) is 0 Å². The molecule has 1 aliphatic heterocycles. The Labute approximate surface area is 177 Å². The summed E-state index contributed by atoms with van der Waals surface area (Å²) in [5.41, 5.74) is 4.64. The molecule has 0 spiro atoms. The molecular formula is C26H28N2O2. The van der Waals surface area contributed by atoms with Gasteiger partial charge in [-0.15, -0.1) is 0 Å². The Hall–Kier alpha value is -2.85. The molecule has 3 aromatic rings. The number of nitrogens with zero attached hydrogens (tertiary/aromatic N) is 1. The first-order valence-corrected chi connectivity index (χ1v) is 10.9. The second kappa shape index (κ2) is 8.11. The van der Waals surface area contributed by atoms with Gasteiger partial charge < -0.3 is 10.1 Å². The van der Waals surface area contributed by atoms with Gasteiger partial charge in [-0.25, -0.2) is 0 Å². The zero-order valence-electron chi connectivity index (χ0n) is 17.5. The summed E-state index contributed by atoms with van der Waals surface area (Å²) in [7, 11) is 1.71. The van der Waals surface area contributed by atoms with Crippen molar-refractivity contribution in [2.45, 2.75) is 31.7 Å². The summed E-state index contributed by atoms with van der Waals surface area (Å²) in [6.07, 6.45) is 4.55. The van der Waals surface area contributed by atoms with Gasteiger partial charge in [-0.3, -0.25) is 9.69 Å². The number of carbonyl (C=O) groups is 1. The van der Waals surface area contributed by atoms with Crippen LogP contribution in [0.4, 0.5) is 0 Å². The number of methoxy groups -OCH3 is 1. The van der Waals surface area contributed by atoms with Crippen LogP contribution >= 0.6 is 0 Å². The van der Waals surface area contributed by atoms with Gasteiger partial charge in [0.25, 0.3) is 5.91 Å². The summed E-state index contributed by atoms with van der Waals surface area (Å²) < 4.78 is 5.63. The van der Waals surface area contributed by atoms with Crippen LogP contribution in [-0.2, 0) is 12.8 Å². The predicted octanol–water partition coefficient (Wildman–Crippen LogP) is 4.51. The molecule has 1 atom stereocenters. The van der Waals surface area contributed by atoms with E-state index in [9.17, 15) is 4.79 Å². The smallest absolute Gasteiger partial charge is 0.251 e. The van der Waals surface area contributed by atoms with E-state index in [0.717, 1.165) is 48.2 Å². The first-order valence-electron chi connectivity index (χ1n) is 10.9. The maximum atomic E-state index is 13.2. The zero-order valence-corrected chi connectivity index (χ0v) is 17.5. The van der Waals surface area contributed by atoms with E-state index in [1.807, 2.05) is 24.3 Å². The fourth-order valence-electron chi connectivity index (χ4n) is 5.16. The van der Waals surface area contributed by atoms with Gasteiger partial charge in [0.15, 0.2) is 0 Å². The second-order valence-corrected chi connectivity index (χ2v) is 8.32. The lowest BCUT2D eigenvalue weighted by molar-refractivity contribution is 0.0939. The van der Waals surface area contributed by atoms with Crippen LogP contribution in [0.1, 0.15) is 45.9 Å². The minimum absolute atomic E-state index is 0.00435. The molecule has 0 radical (unpaired) electrons. The van der Waals surface area contributed by atoms with Gasteiger partial charge in [-0.1, -0.05) is 42.5 Å². The minimum atomic E-state index is 0.00435. The lowest BCUT2D eigenvalue weighted by Gasteiger charge is -2.29.